The van der Waals surface area contributed by atoms with Gasteiger partial charge < -0.3 is 15.7 Å². The van der Waals surface area contributed by atoms with Gasteiger partial charge in [-0.1, -0.05) is 25.1 Å². The van der Waals surface area contributed by atoms with Crippen molar-refractivity contribution in [1.29, 1.82) is 0 Å². The average Bonchev–Trinajstić information content (AvgIpc) is 2.42. The Hall–Kier alpha value is -1.10. The highest BCUT2D eigenvalue weighted by Gasteiger charge is 2.24. The van der Waals surface area contributed by atoms with Crippen LogP contribution in [0.15, 0.2) is 24.3 Å². The van der Waals surface area contributed by atoms with E-state index in [0.717, 1.165) is 38.3 Å². The molecule has 3 N–H and O–H groups in total. The second-order valence-corrected chi connectivity index (χ2v) is 4.78. The molecule has 4 heteroatoms. The number of para-hydroxylation sites is 1. The molecule has 1 unspecified atom stereocenters. The first kappa shape index (κ1) is 13.3. The van der Waals surface area contributed by atoms with E-state index in [1.165, 1.54) is 0 Å². The first-order valence-corrected chi connectivity index (χ1v) is 6.70. The molecule has 0 amide bonds. The van der Waals surface area contributed by atoms with Crippen molar-refractivity contribution in [2.45, 2.75) is 13.0 Å². The van der Waals surface area contributed by atoms with Gasteiger partial charge in [-0.15, -0.1) is 0 Å². The highest BCUT2D eigenvalue weighted by Crippen LogP contribution is 2.28. The highest BCUT2D eigenvalue weighted by atomic mass is 16.3. The highest BCUT2D eigenvalue weighted by molar-refractivity contribution is 5.34. The molecule has 0 spiro atoms. The van der Waals surface area contributed by atoms with Crippen molar-refractivity contribution in [2.24, 2.45) is 5.73 Å². The number of likely N-dealkylation sites (N-methyl/N-ethyl adjacent to an activating group) is 1. The number of hydrogen-bond donors (Lipinski definition) is 2. The van der Waals surface area contributed by atoms with Crippen LogP contribution in [0.1, 0.15) is 18.5 Å². The van der Waals surface area contributed by atoms with Gasteiger partial charge in [0.15, 0.2) is 0 Å². The monoisotopic (exact) mass is 249 g/mol. The molecule has 0 bridgehead atoms. The van der Waals surface area contributed by atoms with Crippen LogP contribution in [-0.4, -0.2) is 54.2 Å². The molecule has 1 atom stereocenters. The van der Waals surface area contributed by atoms with E-state index >= 15 is 0 Å². The molecule has 0 saturated carbocycles. The summed E-state index contributed by atoms with van der Waals surface area (Å²) >= 11 is 0. The van der Waals surface area contributed by atoms with Crippen molar-refractivity contribution in [2.75, 3.05) is 39.3 Å². The lowest BCUT2D eigenvalue weighted by molar-refractivity contribution is 0.101. The first-order chi connectivity index (χ1) is 8.76. The van der Waals surface area contributed by atoms with Gasteiger partial charge in [0.25, 0.3) is 0 Å². The fraction of sp³-hybridized carbons (Fsp3) is 0.571. The molecule has 1 heterocycles. The molecule has 18 heavy (non-hydrogen) atoms. The van der Waals surface area contributed by atoms with Crippen LogP contribution in [0.2, 0.25) is 0 Å². The molecule has 100 valence electrons. The summed E-state index contributed by atoms with van der Waals surface area (Å²) in [5.74, 6) is 0.353. The number of phenols is 1. The predicted octanol–water partition coefficient (Wildman–Crippen LogP) is 1.03. The van der Waals surface area contributed by atoms with E-state index in [1.807, 2.05) is 18.2 Å². The van der Waals surface area contributed by atoms with E-state index in [0.29, 0.717) is 12.3 Å². The molecule has 2 rings (SSSR count). The van der Waals surface area contributed by atoms with Gasteiger partial charge in [0.05, 0.1) is 6.04 Å². The van der Waals surface area contributed by atoms with Gasteiger partial charge in [0.1, 0.15) is 5.75 Å². The Bertz CT molecular complexity index is 375. The number of rotatable bonds is 4. The average molecular weight is 249 g/mol. The maximum atomic E-state index is 9.95. The van der Waals surface area contributed by atoms with Crippen molar-refractivity contribution in [3.05, 3.63) is 29.8 Å². The Morgan fingerprint density at radius 3 is 2.44 bits per heavy atom. The molecule has 1 fully saturated rings. The smallest absolute Gasteiger partial charge is 0.120 e. The molecule has 0 aliphatic carbocycles. The summed E-state index contributed by atoms with van der Waals surface area (Å²) in [5, 5.41) is 9.95. The second-order valence-electron chi connectivity index (χ2n) is 4.78. The zero-order chi connectivity index (χ0) is 13.0. The molecule has 0 radical (unpaired) electrons. The zero-order valence-electron chi connectivity index (χ0n) is 11.0. The molecule has 1 aliphatic rings. The fourth-order valence-electron chi connectivity index (χ4n) is 2.63. The number of aromatic hydroxyl groups is 1. The third-order valence-corrected chi connectivity index (χ3v) is 3.81. The molecule has 1 saturated heterocycles. The Kier molecular flexibility index (Phi) is 4.58. The maximum absolute atomic E-state index is 9.95. The Morgan fingerprint density at radius 1 is 1.22 bits per heavy atom. The number of phenolic OH excluding ortho intramolecular Hbond substituents is 1. The topological polar surface area (TPSA) is 52.7 Å². The van der Waals surface area contributed by atoms with Crippen LogP contribution in [-0.2, 0) is 0 Å². The standard InChI is InChI=1S/C14H23N3O/c1-2-16-7-9-17(10-8-16)13(11-15)12-5-3-4-6-14(12)18/h3-6,13,18H,2,7-11,15H2,1H3. The van der Waals surface area contributed by atoms with Crippen molar-refractivity contribution in [3.63, 3.8) is 0 Å². The lowest BCUT2D eigenvalue weighted by Crippen LogP contribution is -2.48. The summed E-state index contributed by atoms with van der Waals surface area (Å²) in [6.07, 6.45) is 0. The van der Waals surface area contributed by atoms with Crippen molar-refractivity contribution in [3.8, 4) is 5.75 Å². The minimum absolute atomic E-state index is 0.130. The van der Waals surface area contributed by atoms with Crippen LogP contribution >= 0.6 is 0 Å². The van der Waals surface area contributed by atoms with Crippen molar-refractivity contribution >= 4 is 0 Å². The molecule has 4 nitrogen and oxygen atoms in total. The largest absolute Gasteiger partial charge is 0.508 e. The van der Waals surface area contributed by atoms with Crippen LogP contribution in [0, 0.1) is 0 Å². The summed E-state index contributed by atoms with van der Waals surface area (Å²) in [5.41, 5.74) is 6.85. The summed E-state index contributed by atoms with van der Waals surface area (Å²) in [7, 11) is 0. The van der Waals surface area contributed by atoms with Gasteiger partial charge in [0.2, 0.25) is 0 Å². The molecule has 1 aromatic rings. The van der Waals surface area contributed by atoms with E-state index in [-0.39, 0.29) is 6.04 Å². The Balaban J connectivity index is 2.08. The summed E-state index contributed by atoms with van der Waals surface area (Å²) in [6.45, 7) is 8.05. The minimum Gasteiger partial charge on any atom is -0.508 e. The van der Waals surface area contributed by atoms with Gasteiger partial charge in [-0.25, -0.2) is 0 Å². The predicted molar refractivity (Wildman–Crippen MR) is 73.6 cm³/mol. The summed E-state index contributed by atoms with van der Waals surface area (Å²) < 4.78 is 0. The van der Waals surface area contributed by atoms with E-state index in [2.05, 4.69) is 16.7 Å². The number of hydrogen-bond acceptors (Lipinski definition) is 4. The van der Waals surface area contributed by atoms with Gasteiger partial charge >= 0.3 is 0 Å². The van der Waals surface area contributed by atoms with Gasteiger partial charge in [-0.3, -0.25) is 4.90 Å². The lowest BCUT2D eigenvalue weighted by Gasteiger charge is -2.38. The number of nitrogens with zero attached hydrogens (tertiary/aromatic N) is 2. The van der Waals surface area contributed by atoms with E-state index in [9.17, 15) is 5.11 Å². The fourth-order valence-corrected chi connectivity index (χ4v) is 2.63. The van der Waals surface area contributed by atoms with Crippen LogP contribution in [0.5, 0.6) is 5.75 Å². The third kappa shape index (κ3) is 2.83. The Morgan fingerprint density at radius 2 is 1.89 bits per heavy atom. The van der Waals surface area contributed by atoms with E-state index in [4.69, 9.17) is 5.73 Å². The molecular formula is C14H23N3O. The third-order valence-electron chi connectivity index (χ3n) is 3.81. The maximum Gasteiger partial charge on any atom is 0.120 e. The van der Waals surface area contributed by atoms with Gasteiger partial charge in [-0.2, -0.15) is 0 Å². The van der Waals surface area contributed by atoms with Crippen LogP contribution in [0.4, 0.5) is 0 Å². The van der Waals surface area contributed by atoms with Crippen LogP contribution < -0.4 is 5.73 Å². The summed E-state index contributed by atoms with van der Waals surface area (Å²) in [4.78, 5) is 4.82. The molecular weight excluding hydrogens is 226 g/mol. The van der Waals surface area contributed by atoms with Crippen molar-refractivity contribution in [1.82, 2.24) is 9.80 Å². The van der Waals surface area contributed by atoms with E-state index < -0.39 is 0 Å². The van der Waals surface area contributed by atoms with Crippen LogP contribution in [0.25, 0.3) is 0 Å². The zero-order valence-corrected chi connectivity index (χ0v) is 11.0. The normalized spacial score (nSPS) is 19.9. The van der Waals surface area contributed by atoms with Crippen LogP contribution in [0.3, 0.4) is 0 Å². The van der Waals surface area contributed by atoms with E-state index in [1.54, 1.807) is 6.07 Å². The van der Waals surface area contributed by atoms with Crippen molar-refractivity contribution < 1.29 is 5.11 Å². The molecule has 1 aliphatic heterocycles. The van der Waals surface area contributed by atoms with Gasteiger partial charge in [0, 0.05) is 38.3 Å². The summed E-state index contributed by atoms with van der Waals surface area (Å²) in [6, 6.07) is 7.64. The van der Waals surface area contributed by atoms with Gasteiger partial charge in [-0.05, 0) is 12.6 Å². The molecule has 1 aromatic carbocycles. The molecule has 0 aromatic heterocycles. The quantitative estimate of drug-likeness (QED) is 0.837. The Labute approximate surface area is 109 Å². The number of piperazine rings is 1. The first-order valence-electron chi connectivity index (χ1n) is 6.70. The number of nitrogens with two attached hydrogens (primary N) is 1. The SMILES string of the molecule is CCN1CCN(C(CN)c2ccccc2O)CC1. The number of benzene rings is 1. The second kappa shape index (κ2) is 6.18. The minimum atomic E-state index is 0.130. The lowest BCUT2D eigenvalue weighted by atomic mass is 10.0.